The minimum Gasteiger partial charge on any atom is -0.304 e. The van der Waals surface area contributed by atoms with Crippen molar-refractivity contribution in [1.29, 1.82) is 0 Å². The molecule has 2 rings (SSSR count). The van der Waals surface area contributed by atoms with Crippen LogP contribution in [0.3, 0.4) is 0 Å². The summed E-state index contributed by atoms with van der Waals surface area (Å²) in [5.41, 5.74) is 0. The molecule has 4 nitrogen and oxygen atoms in total. The van der Waals surface area contributed by atoms with Gasteiger partial charge in [0.2, 0.25) is 0 Å². The molecule has 0 aliphatic carbocycles. The van der Waals surface area contributed by atoms with Gasteiger partial charge in [0.25, 0.3) is 0 Å². The van der Waals surface area contributed by atoms with Crippen LogP contribution in [0.1, 0.15) is 47.5 Å². The van der Waals surface area contributed by atoms with Gasteiger partial charge in [-0.1, -0.05) is 20.8 Å². The third-order valence-electron chi connectivity index (χ3n) is 4.48. The van der Waals surface area contributed by atoms with Gasteiger partial charge in [-0.2, -0.15) is 0 Å². The summed E-state index contributed by atoms with van der Waals surface area (Å²) in [5, 5.41) is 0. The average Bonchev–Trinajstić information content (AvgIpc) is 2.53. The van der Waals surface area contributed by atoms with Gasteiger partial charge in [0.1, 0.15) is 6.29 Å². The molecule has 2 fully saturated rings. The molecule has 2 heterocycles. The van der Waals surface area contributed by atoms with Gasteiger partial charge in [0, 0.05) is 32.2 Å². The second kappa shape index (κ2) is 13.0. The van der Waals surface area contributed by atoms with Gasteiger partial charge in [0.15, 0.2) is 0 Å². The van der Waals surface area contributed by atoms with Gasteiger partial charge in [-0.25, -0.2) is 0 Å². The largest absolute Gasteiger partial charge is 0.304 e. The third-order valence-corrected chi connectivity index (χ3v) is 4.48. The Morgan fingerprint density at radius 3 is 1.91 bits per heavy atom. The highest BCUT2D eigenvalue weighted by atomic mass is 16.1. The SMILES string of the molecule is CC.CC(C)N1CCN(C)CC1.CC1CCN(CC=O)CC1. The van der Waals surface area contributed by atoms with Crippen molar-refractivity contribution in [3.8, 4) is 0 Å². The first-order valence-corrected chi connectivity index (χ1v) is 9.11. The number of piperidine rings is 1. The molecule has 0 unspecified atom stereocenters. The smallest absolute Gasteiger partial charge is 0.133 e. The highest BCUT2D eigenvalue weighted by Crippen LogP contribution is 2.14. The Bertz CT molecular complexity index is 255. The van der Waals surface area contributed by atoms with Crippen LogP contribution in [0.2, 0.25) is 0 Å². The lowest BCUT2D eigenvalue weighted by atomic mass is 9.99. The van der Waals surface area contributed by atoms with Crippen LogP contribution >= 0.6 is 0 Å². The Labute approximate surface area is 138 Å². The number of carbonyl (C=O) groups is 1. The summed E-state index contributed by atoms with van der Waals surface area (Å²) < 4.78 is 0. The van der Waals surface area contributed by atoms with Crippen LogP contribution < -0.4 is 0 Å². The van der Waals surface area contributed by atoms with Crippen LogP contribution in [0.4, 0.5) is 0 Å². The van der Waals surface area contributed by atoms with E-state index in [2.05, 4.69) is 42.5 Å². The van der Waals surface area contributed by atoms with Gasteiger partial charge in [0.05, 0.1) is 6.54 Å². The maximum atomic E-state index is 10.1. The average molecular weight is 314 g/mol. The third kappa shape index (κ3) is 9.54. The maximum Gasteiger partial charge on any atom is 0.133 e. The Morgan fingerprint density at radius 2 is 1.50 bits per heavy atom. The van der Waals surface area contributed by atoms with Crippen LogP contribution in [0.5, 0.6) is 0 Å². The molecule has 2 aliphatic heterocycles. The fourth-order valence-electron chi connectivity index (χ4n) is 2.69. The molecule has 0 aromatic carbocycles. The van der Waals surface area contributed by atoms with Gasteiger partial charge >= 0.3 is 0 Å². The van der Waals surface area contributed by atoms with Crippen LogP contribution in [0.15, 0.2) is 0 Å². The summed E-state index contributed by atoms with van der Waals surface area (Å²) in [5.74, 6) is 0.864. The lowest BCUT2D eigenvalue weighted by Gasteiger charge is -2.34. The highest BCUT2D eigenvalue weighted by molar-refractivity contribution is 5.51. The summed E-state index contributed by atoms with van der Waals surface area (Å²) in [6.45, 7) is 18.6. The van der Waals surface area contributed by atoms with E-state index in [9.17, 15) is 4.79 Å². The molecule has 0 N–H and O–H groups in total. The van der Waals surface area contributed by atoms with E-state index in [1.807, 2.05) is 13.8 Å². The van der Waals surface area contributed by atoms with Crippen molar-refractivity contribution in [3.63, 3.8) is 0 Å². The molecular formula is C18H39N3O. The molecule has 0 bridgehead atoms. The number of rotatable bonds is 3. The number of aldehydes is 1. The van der Waals surface area contributed by atoms with E-state index in [4.69, 9.17) is 0 Å². The Hall–Kier alpha value is -0.450. The van der Waals surface area contributed by atoms with Crippen molar-refractivity contribution in [3.05, 3.63) is 0 Å². The van der Waals surface area contributed by atoms with Crippen molar-refractivity contribution in [1.82, 2.24) is 14.7 Å². The first-order valence-electron chi connectivity index (χ1n) is 9.11. The molecule has 0 radical (unpaired) electrons. The zero-order valence-electron chi connectivity index (χ0n) is 15.8. The number of carbonyl (C=O) groups excluding carboxylic acids is 1. The van der Waals surface area contributed by atoms with E-state index in [0.29, 0.717) is 6.54 Å². The van der Waals surface area contributed by atoms with E-state index in [1.54, 1.807) is 0 Å². The second-order valence-electron chi connectivity index (χ2n) is 6.58. The predicted octanol–water partition coefficient (Wildman–Crippen LogP) is 2.59. The molecule has 2 aliphatic rings. The molecule has 22 heavy (non-hydrogen) atoms. The lowest BCUT2D eigenvalue weighted by molar-refractivity contribution is -0.109. The van der Waals surface area contributed by atoms with Gasteiger partial charge < -0.3 is 9.69 Å². The summed E-state index contributed by atoms with van der Waals surface area (Å²) >= 11 is 0. The van der Waals surface area contributed by atoms with Crippen LogP contribution in [-0.2, 0) is 4.79 Å². The fraction of sp³-hybridized carbons (Fsp3) is 0.944. The molecule has 132 valence electrons. The molecule has 0 saturated carbocycles. The zero-order chi connectivity index (χ0) is 17.0. The second-order valence-corrected chi connectivity index (χ2v) is 6.58. The minimum absolute atomic E-state index is 0.632. The Kier molecular flexibility index (Phi) is 12.8. The van der Waals surface area contributed by atoms with E-state index in [0.717, 1.165) is 31.3 Å². The van der Waals surface area contributed by atoms with Gasteiger partial charge in [-0.3, -0.25) is 9.80 Å². The van der Waals surface area contributed by atoms with Gasteiger partial charge in [-0.05, 0) is 52.7 Å². The van der Waals surface area contributed by atoms with Crippen molar-refractivity contribution in [2.45, 2.75) is 53.5 Å². The zero-order valence-corrected chi connectivity index (χ0v) is 15.8. The van der Waals surface area contributed by atoms with Crippen LogP contribution in [-0.4, -0.2) is 79.9 Å². The van der Waals surface area contributed by atoms with Crippen molar-refractivity contribution in [2.24, 2.45) is 5.92 Å². The number of hydrogen-bond donors (Lipinski definition) is 0. The fourth-order valence-corrected chi connectivity index (χ4v) is 2.69. The molecular weight excluding hydrogens is 274 g/mol. The number of piperazine rings is 1. The van der Waals surface area contributed by atoms with Crippen molar-refractivity contribution < 1.29 is 4.79 Å². The monoisotopic (exact) mass is 313 g/mol. The number of likely N-dealkylation sites (tertiary alicyclic amines) is 1. The Morgan fingerprint density at radius 1 is 1.00 bits per heavy atom. The van der Waals surface area contributed by atoms with Crippen molar-refractivity contribution in [2.75, 3.05) is 52.9 Å². The summed E-state index contributed by atoms with van der Waals surface area (Å²) in [4.78, 5) is 17.2. The molecule has 0 spiro atoms. The van der Waals surface area contributed by atoms with Crippen LogP contribution in [0, 0.1) is 5.92 Å². The standard InChI is InChI=1S/C8H18N2.C8H15NO.C2H6/c1-8(2)10-6-4-9(3)5-7-10;1-8-2-4-9(5-3-8)6-7-10;1-2/h8H,4-7H2,1-3H3;7-8H,2-6H2,1H3;1-2H3. The van der Waals surface area contributed by atoms with E-state index < -0.39 is 0 Å². The normalized spacial score (nSPS) is 21.6. The molecule has 0 aromatic heterocycles. The highest BCUT2D eigenvalue weighted by Gasteiger charge is 2.15. The minimum atomic E-state index is 0.632. The quantitative estimate of drug-likeness (QED) is 0.748. The van der Waals surface area contributed by atoms with Gasteiger partial charge in [-0.15, -0.1) is 0 Å². The predicted molar refractivity (Wildman–Crippen MR) is 96.5 cm³/mol. The molecule has 0 atom stereocenters. The van der Waals surface area contributed by atoms with E-state index >= 15 is 0 Å². The number of likely N-dealkylation sites (N-methyl/N-ethyl adjacent to an activating group) is 1. The summed E-state index contributed by atoms with van der Waals surface area (Å²) in [6.07, 6.45) is 3.51. The lowest BCUT2D eigenvalue weighted by Crippen LogP contribution is -2.47. The summed E-state index contributed by atoms with van der Waals surface area (Å²) in [7, 11) is 2.19. The molecule has 2 saturated heterocycles. The topological polar surface area (TPSA) is 26.8 Å². The van der Waals surface area contributed by atoms with Crippen LogP contribution in [0.25, 0.3) is 0 Å². The number of hydrogen-bond acceptors (Lipinski definition) is 4. The van der Waals surface area contributed by atoms with Crippen molar-refractivity contribution >= 4 is 6.29 Å². The number of nitrogens with zero attached hydrogens (tertiary/aromatic N) is 3. The first-order chi connectivity index (χ1) is 10.5. The van der Waals surface area contributed by atoms with E-state index in [1.165, 1.54) is 39.0 Å². The van der Waals surface area contributed by atoms with E-state index in [-0.39, 0.29) is 0 Å². The Balaban J connectivity index is 0.000000360. The molecule has 0 amide bonds. The maximum absolute atomic E-state index is 10.1. The first kappa shape index (κ1) is 21.6. The molecule has 4 heteroatoms. The summed E-state index contributed by atoms with van der Waals surface area (Å²) in [6, 6.07) is 0.730. The molecule has 0 aromatic rings.